The summed E-state index contributed by atoms with van der Waals surface area (Å²) in [4.78, 5) is 25.8. The largest absolute Gasteiger partial charge is 0.345 e. The molecule has 0 aromatic heterocycles. The van der Waals surface area contributed by atoms with Crippen molar-refractivity contribution in [2.45, 2.75) is 4.90 Å². The Morgan fingerprint density at radius 1 is 0.962 bits per heavy atom. The first kappa shape index (κ1) is 20.2. The maximum absolute atomic E-state index is 12.4. The molecule has 2 aromatic rings. The van der Waals surface area contributed by atoms with Gasteiger partial charge < -0.3 is 10.2 Å². The molecule has 0 bridgehead atoms. The van der Waals surface area contributed by atoms with Gasteiger partial charge in [0, 0.05) is 26.0 Å². The average molecular weight is 415 g/mol. The van der Waals surface area contributed by atoms with E-state index >= 15 is 0 Å². The number of nitrogens with zero attached hydrogens (tertiary/aromatic N) is 1. The summed E-state index contributed by atoms with van der Waals surface area (Å²) in [7, 11) is -0.276. The zero-order valence-electron chi connectivity index (χ0n) is 14.2. The Morgan fingerprint density at radius 3 is 2.15 bits per heavy atom. The van der Waals surface area contributed by atoms with E-state index in [0.717, 1.165) is 6.26 Å². The van der Waals surface area contributed by atoms with E-state index in [1.165, 1.54) is 41.3 Å². The Morgan fingerprint density at radius 2 is 1.62 bits per heavy atom. The molecule has 0 fully saturated rings. The van der Waals surface area contributed by atoms with Gasteiger partial charge in [-0.05, 0) is 36.4 Å². The van der Waals surface area contributed by atoms with Crippen LogP contribution in [0, 0.1) is 0 Å². The Kier molecular flexibility index (Phi) is 5.95. The number of rotatable bonds is 4. The average Bonchev–Trinajstić information content (AvgIpc) is 2.53. The van der Waals surface area contributed by atoms with E-state index < -0.39 is 15.7 Å². The molecule has 1 N–H and O–H groups in total. The highest BCUT2D eigenvalue weighted by Gasteiger charge is 2.17. The number of amides is 2. The second-order valence-corrected chi connectivity index (χ2v) is 8.59. The summed E-state index contributed by atoms with van der Waals surface area (Å²) in [5.41, 5.74) is 0.655. The molecule has 2 amide bonds. The maximum atomic E-state index is 12.4. The number of carbonyl (C=O) groups is 2. The lowest BCUT2D eigenvalue weighted by atomic mass is 10.1. The van der Waals surface area contributed by atoms with Crippen LogP contribution in [0.4, 0.5) is 5.69 Å². The second-order valence-electron chi connectivity index (χ2n) is 5.76. The molecule has 0 atom stereocenters. The molecule has 0 spiro atoms. The van der Waals surface area contributed by atoms with Crippen LogP contribution >= 0.6 is 23.2 Å². The first-order chi connectivity index (χ1) is 12.0. The molecule has 0 aliphatic carbocycles. The maximum Gasteiger partial charge on any atom is 0.257 e. The molecule has 0 unspecified atom stereocenters. The van der Waals surface area contributed by atoms with Gasteiger partial charge in [-0.15, -0.1) is 0 Å². The summed E-state index contributed by atoms with van der Waals surface area (Å²) in [6.45, 7) is 0. The lowest BCUT2D eigenvalue weighted by molar-refractivity contribution is 0.0827. The molecular weight excluding hydrogens is 399 g/mol. The topological polar surface area (TPSA) is 83.6 Å². The quantitative estimate of drug-likeness (QED) is 0.830. The molecule has 0 aliphatic heterocycles. The first-order valence-electron chi connectivity index (χ1n) is 7.33. The molecule has 6 nitrogen and oxygen atoms in total. The second kappa shape index (κ2) is 7.65. The third-order valence-corrected chi connectivity index (χ3v) is 5.23. The third-order valence-electron chi connectivity index (χ3n) is 3.47. The fourth-order valence-corrected chi connectivity index (χ4v) is 3.23. The van der Waals surface area contributed by atoms with E-state index in [1.807, 2.05) is 0 Å². The number of carbonyl (C=O) groups excluding carboxylic acids is 2. The summed E-state index contributed by atoms with van der Waals surface area (Å²) in [5.74, 6) is -0.861. The molecule has 9 heteroatoms. The van der Waals surface area contributed by atoms with Crippen molar-refractivity contribution >= 4 is 50.5 Å². The Bertz CT molecular complexity index is 988. The van der Waals surface area contributed by atoms with Crippen LogP contribution in [-0.2, 0) is 9.84 Å². The molecule has 138 valence electrons. The van der Waals surface area contributed by atoms with Crippen LogP contribution in [0.3, 0.4) is 0 Å². The summed E-state index contributed by atoms with van der Waals surface area (Å²) in [6.07, 6.45) is 1.04. The fourth-order valence-electron chi connectivity index (χ4n) is 2.11. The van der Waals surface area contributed by atoms with Gasteiger partial charge in [-0.25, -0.2) is 8.42 Å². The van der Waals surface area contributed by atoms with Gasteiger partial charge in [0.25, 0.3) is 11.8 Å². The number of nitrogens with one attached hydrogen (secondary N) is 1. The number of benzene rings is 2. The van der Waals surface area contributed by atoms with Gasteiger partial charge in [-0.2, -0.15) is 0 Å². The van der Waals surface area contributed by atoms with Crippen LogP contribution in [0.5, 0.6) is 0 Å². The molecule has 26 heavy (non-hydrogen) atoms. The Balaban J connectivity index is 2.31. The van der Waals surface area contributed by atoms with E-state index in [1.54, 1.807) is 14.1 Å². The fraction of sp³-hybridized carbons (Fsp3) is 0.176. The molecule has 0 saturated carbocycles. The number of halogens is 2. The van der Waals surface area contributed by atoms with Gasteiger partial charge in [0.1, 0.15) is 0 Å². The van der Waals surface area contributed by atoms with Crippen molar-refractivity contribution < 1.29 is 18.0 Å². The molecule has 0 radical (unpaired) electrons. The van der Waals surface area contributed by atoms with Gasteiger partial charge in [0.15, 0.2) is 9.84 Å². The predicted octanol–water partition coefficient (Wildman–Crippen LogP) is 3.35. The van der Waals surface area contributed by atoms with Crippen LogP contribution in [-0.4, -0.2) is 45.5 Å². The van der Waals surface area contributed by atoms with Gasteiger partial charge in [0.05, 0.1) is 26.1 Å². The van der Waals surface area contributed by atoms with Crippen molar-refractivity contribution in [2.75, 3.05) is 25.7 Å². The minimum absolute atomic E-state index is 0.0131. The van der Waals surface area contributed by atoms with Crippen molar-refractivity contribution in [3.05, 3.63) is 57.6 Å². The molecule has 0 heterocycles. The van der Waals surface area contributed by atoms with E-state index in [-0.39, 0.29) is 26.4 Å². The minimum atomic E-state index is -3.48. The minimum Gasteiger partial charge on any atom is -0.345 e. The SMILES string of the molecule is CN(C)C(=O)c1ccc(NC(=O)c2cc(S(C)(=O)=O)ccc2Cl)cc1Cl. The normalized spacial score (nSPS) is 11.1. The molecular formula is C17H16Cl2N2O4S. The lowest BCUT2D eigenvalue weighted by Gasteiger charge is -2.13. The monoisotopic (exact) mass is 414 g/mol. The van der Waals surface area contributed by atoms with Crippen LogP contribution in [0.15, 0.2) is 41.3 Å². The number of anilines is 1. The van der Waals surface area contributed by atoms with E-state index in [4.69, 9.17) is 23.2 Å². The van der Waals surface area contributed by atoms with Crippen LogP contribution in [0.2, 0.25) is 10.0 Å². The predicted molar refractivity (Wildman–Crippen MR) is 102 cm³/mol. The smallest absolute Gasteiger partial charge is 0.257 e. The molecule has 2 rings (SSSR count). The first-order valence-corrected chi connectivity index (χ1v) is 9.97. The Labute approximate surface area is 161 Å². The highest BCUT2D eigenvalue weighted by Crippen LogP contribution is 2.25. The van der Waals surface area contributed by atoms with Crippen molar-refractivity contribution in [2.24, 2.45) is 0 Å². The summed E-state index contributed by atoms with van der Waals surface area (Å²) in [5, 5.41) is 2.88. The third kappa shape index (κ3) is 4.55. The van der Waals surface area contributed by atoms with E-state index in [2.05, 4.69) is 5.32 Å². The number of hydrogen-bond acceptors (Lipinski definition) is 4. The standard InChI is InChI=1S/C17H16Cl2N2O4S/c1-21(2)17(23)12-6-4-10(8-15(12)19)20-16(22)13-9-11(26(3,24)25)5-7-14(13)18/h4-9H,1-3H3,(H,20,22). The van der Waals surface area contributed by atoms with Gasteiger partial charge in [-0.3, -0.25) is 9.59 Å². The highest BCUT2D eigenvalue weighted by molar-refractivity contribution is 7.90. The summed E-state index contributed by atoms with van der Waals surface area (Å²) in [6, 6.07) is 8.33. The van der Waals surface area contributed by atoms with Gasteiger partial charge in [-0.1, -0.05) is 23.2 Å². The summed E-state index contributed by atoms with van der Waals surface area (Å²) < 4.78 is 23.3. The molecule has 2 aromatic carbocycles. The molecule has 0 saturated heterocycles. The van der Waals surface area contributed by atoms with Crippen molar-refractivity contribution in [1.82, 2.24) is 4.90 Å². The van der Waals surface area contributed by atoms with Crippen molar-refractivity contribution in [1.29, 1.82) is 0 Å². The number of hydrogen-bond donors (Lipinski definition) is 1. The zero-order chi connectivity index (χ0) is 19.6. The van der Waals surface area contributed by atoms with Crippen LogP contribution < -0.4 is 5.32 Å². The van der Waals surface area contributed by atoms with Gasteiger partial charge >= 0.3 is 0 Å². The van der Waals surface area contributed by atoms with Crippen LogP contribution in [0.1, 0.15) is 20.7 Å². The van der Waals surface area contributed by atoms with Crippen molar-refractivity contribution in [3.63, 3.8) is 0 Å². The number of sulfone groups is 1. The Hall–Kier alpha value is -2.09. The van der Waals surface area contributed by atoms with Crippen molar-refractivity contribution in [3.8, 4) is 0 Å². The van der Waals surface area contributed by atoms with E-state index in [0.29, 0.717) is 11.3 Å². The zero-order valence-corrected chi connectivity index (χ0v) is 16.5. The lowest BCUT2D eigenvalue weighted by Crippen LogP contribution is -2.22. The molecule has 0 aliphatic rings. The summed E-state index contributed by atoms with van der Waals surface area (Å²) >= 11 is 12.1. The van der Waals surface area contributed by atoms with E-state index in [9.17, 15) is 18.0 Å². The van der Waals surface area contributed by atoms with Crippen LogP contribution in [0.25, 0.3) is 0 Å². The van der Waals surface area contributed by atoms with Gasteiger partial charge in [0.2, 0.25) is 0 Å². The highest BCUT2D eigenvalue weighted by atomic mass is 35.5.